The van der Waals surface area contributed by atoms with Crippen molar-refractivity contribution in [1.29, 1.82) is 0 Å². The Morgan fingerprint density at radius 2 is 1.86 bits per heavy atom. The molecule has 0 saturated heterocycles. The summed E-state index contributed by atoms with van der Waals surface area (Å²) in [5.41, 5.74) is 0. The van der Waals surface area contributed by atoms with Crippen LogP contribution in [0.25, 0.3) is 0 Å². The molecular formula is C12H28N2. The minimum Gasteiger partial charge on any atom is -0.313 e. The highest BCUT2D eigenvalue weighted by molar-refractivity contribution is 4.65. The van der Waals surface area contributed by atoms with Gasteiger partial charge in [0, 0.05) is 12.6 Å². The van der Waals surface area contributed by atoms with Gasteiger partial charge < -0.3 is 10.2 Å². The van der Waals surface area contributed by atoms with Crippen LogP contribution in [0, 0.1) is 5.92 Å². The van der Waals surface area contributed by atoms with Crippen molar-refractivity contribution in [2.24, 2.45) is 5.92 Å². The summed E-state index contributed by atoms with van der Waals surface area (Å²) in [7, 11) is 2.21. The van der Waals surface area contributed by atoms with E-state index in [2.05, 4.69) is 45.0 Å². The van der Waals surface area contributed by atoms with Gasteiger partial charge in [0.1, 0.15) is 0 Å². The summed E-state index contributed by atoms with van der Waals surface area (Å²) in [4.78, 5) is 2.42. The molecule has 0 aromatic rings. The number of rotatable bonds is 8. The molecule has 0 aliphatic heterocycles. The lowest BCUT2D eigenvalue weighted by Gasteiger charge is -2.22. The minimum atomic E-state index is 0.618. The van der Waals surface area contributed by atoms with Gasteiger partial charge in [0.15, 0.2) is 0 Å². The number of nitrogens with zero attached hydrogens (tertiary/aromatic N) is 1. The molecule has 0 radical (unpaired) electrons. The molecule has 0 spiro atoms. The predicted octanol–water partition coefficient (Wildman–Crippen LogP) is 2.35. The Bertz CT molecular complexity index is 123. The van der Waals surface area contributed by atoms with Crippen molar-refractivity contribution in [3.63, 3.8) is 0 Å². The molecule has 0 bridgehead atoms. The summed E-state index contributed by atoms with van der Waals surface area (Å²) in [6, 6.07) is 0.618. The zero-order valence-electron chi connectivity index (χ0n) is 10.6. The van der Waals surface area contributed by atoms with Crippen LogP contribution in [0.3, 0.4) is 0 Å². The van der Waals surface area contributed by atoms with E-state index < -0.39 is 0 Å². The molecule has 0 rings (SSSR count). The quantitative estimate of drug-likeness (QED) is 0.647. The molecule has 14 heavy (non-hydrogen) atoms. The average Bonchev–Trinajstić information content (AvgIpc) is 2.11. The third kappa shape index (κ3) is 8.52. The first-order valence-corrected chi connectivity index (χ1v) is 5.98. The van der Waals surface area contributed by atoms with E-state index in [1.165, 1.54) is 19.4 Å². The summed E-state index contributed by atoms with van der Waals surface area (Å²) in [5, 5.41) is 3.51. The van der Waals surface area contributed by atoms with Crippen LogP contribution in [0.1, 0.15) is 40.5 Å². The van der Waals surface area contributed by atoms with Crippen molar-refractivity contribution in [2.75, 3.05) is 26.7 Å². The molecule has 1 unspecified atom stereocenters. The van der Waals surface area contributed by atoms with Crippen molar-refractivity contribution in [3.8, 4) is 0 Å². The molecule has 0 aliphatic carbocycles. The minimum absolute atomic E-state index is 0.618. The molecule has 0 amide bonds. The summed E-state index contributed by atoms with van der Waals surface area (Å²) < 4.78 is 0. The van der Waals surface area contributed by atoms with Crippen LogP contribution in [0.5, 0.6) is 0 Å². The van der Waals surface area contributed by atoms with Crippen LogP contribution in [-0.2, 0) is 0 Å². The Balaban J connectivity index is 3.44. The lowest BCUT2D eigenvalue weighted by atomic mass is 10.1. The molecule has 1 N–H and O–H groups in total. The molecular weight excluding hydrogens is 172 g/mol. The highest BCUT2D eigenvalue weighted by atomic mass is 15.1. The summed E-state index contributed by atoms with van der Waals surface area (Å²) in [5.74, 6) is 0.816. The van der Waals surface area contributed by atoms with Crippen molar-refractivity contribution >= 4 is 0 Å². The highest BCUT2D eigenvalue weighted by Crippen LogP contribution is 2.00. The maximum Gasteiger partial charge on any atom is 0.0166 e. The van der Waals surface area contributed by atoms with Crippen LogP contribution in [0.15, 0.2) is 0 Å². The van der Waals surface area contributed by atoms with E-state index in [4.69, 9.17) is 0 Å². The van der Waals surface area contributed by atoms with Gasteiger partial charge in [-0.2, -0.15) is 0 Å². The van der Waals surface area contributed by atoms with Gasteiger partial charge in [-0.1, -0.05) is 20.8 Å². The molecule has 0 aromatic heterocycles. The Labute approximate surface area is 90.1 Å². The van der Waals surface area contributed by atoms with E-state index >= 15 is 0 Å². The standard InChI is InChI=1S/C12H28N2/c1-6-8-13-12(4)10-14(5)9-7-11(2)3/h11-13H,6-10H2,1-5H3. The fourth-order valence-corrected chi connectivity index (χ4v) is 1.49. The van der Waals surface area contributed by atoms with E-state index in [1.807, 2.05) is 0 Å². The molecule has 1 atom stereocenters. The van der Waals surface area contributed by atoms with Crippen LogP contribution in [0.4, 0.5) is 0 Å². The van der Waals surface area contributed by atoms with Gasteiger partial charge in [-0.05, 0) is 45.8 Å². The molecule has 0 saturated carbocycles. The van der Waals surface area contributed by atoms with Crippen molar-refractivity contribution in [2.45, 2.75) is 46.6 Å². The van der Waals surface area contributed by atoms with Crippen LogP contribution in [-0.4, -0.2) is 37.6 Å². The van der Waals surface area contributed by atoms with Gasteiger partial charge in [-0.25, -0.2) is 0 Å². The van der Waals surface area contributed by atoms with E-state index in [9.17, 15) is 0 Å². The number of hydrogen-bond donors (Lipinski definition) is 1. The first-order valence-electron chi connectivity index (χ1n) is 5.98. The van der Waals surface area contributed by atoms with Crippen molar-refractivity contribution in [1.82, 2.24) is 10.2 Å². The SMILES string of the molecule is CCCNC(C)CN(C)CCC(C)C. The third-order valence-electron chi connectivity index (χ3n) is 2.42. The smallest absolute Gasteiger partial charge is 0.0166 e. The van der Waals surface area contributed by atoms with E-state index in [0.29, 0.717) is 6.04 Å². The molecule has 2 heteroatoms. The maximum atomic E-state index is 3.51. The third-order valence-corrected chi connectivity index (χ3v) is 2.42. The average molecular weight is 200 g/mol. The highest BCUT2D eigenvalue weighted by Gasteiger charge is 2.05. The van der Waals surface area contributed by atoms with Gasteiger partial charge in [-0.15, -0.1) is 0 Å². The summed E-state index contributed by atoms with van der Waals surface area (Å²) in [6.07, 6.45) is 2.52. The Morgan fingerprint density at radius 1 is 1.21 bits per heavy atom. The Kier molecular flexibility index (Phi) is 8.20. The molecule has 0 fully saturated rings. The van der Waals surface area contributed by atoms with E-state index in [0.717, 1.165) is 19.0 Å². The molecule has 0 aliphatic rings. The summed E-state index contributed by atoms with van der Waals surface area (Å²) in [6.45, 7) is 12.6. The van der Waals surface area contributed by atoms with Crippen LogP contribution >= 0.6 is 0 Å². The normalized spacial score (nSPS) is 13.9. The van der Waals surface area contributed by atoms with Crippen molar-refractivity contribution < 1.29 is 0 Å². The zero-order chi connectivity index (χ0) is 11.0. The van der Waals surface area contributed by atoms with Gasteiger partial charge >= 0.3 is 0 Å². The number of hydrogen-bond acceptors (Lipinski definition) is 2. The fraction of sp³-hybridized carbons (Fsp3) is 1.00. The van der Waals surface area contributed by atoms with E-state index in [1.54, 1.807) is 0 Å². The fourth-order valence-electron chi connectivity index (χ4n) is 1.49. The Morgan fingerprint density at radius 3 is 2.36 bits per heavy atom. The van der Waals surface area contributed by atoms with Crippen molar-refractivity contribution in [3.05, 3.63) is 0 Å². The zero-order valence-corrected chi connectivity index (χ0v) is 10.6. The molecule has 0 heterocycles. The topological polar surface area (TPSA) is 15.3 Å². The van der Waals surface area contributed by atoms with Gasteiger partial charge in [0.25, 0.3) is 0 Å². The molecule has 86 valence electrons. The Hall–Kier alpha value is -0.0800. The summed E-state index contributed by atoms with van der Waals surface area (Å²) >= 11 is 0. The number of likely N-dealkylation sites (N-methyl/N-ethyl adjacent to an activating group) is 1. The first-order chi connectivity index (χ1) is 6.56. The molecule has 0 aromatic carbocycles. The van der Waals surface area contributed by atoms with E-state index in [-0.39, 0.29) is 0 Å². The lowest BCUT2D eigenvalue weighted by molar-refractivity contribution is 0.280. The second-order valence-corrected chi connectivity index (χ2v) is 4.80. The maximum absolute atomic E-state index is 3.51. The first kappa shape index (κ1) is 13.9. The predicted molar refractivity (Wildman–Crippen MR) is 64.7 cm³/mol. The van der Waals surface area contributed by atoms with Gasteiger partial charge in [0.2, 0.25) is 0 Å². The molecule has 2 nitrogen and oxygen atoms in total. The largest absolute Gasteiger partial charge is 0.313 e. The van der Waals surface area contributed by atoms with Crippen LogP contribution in [0.2, 0.25) is 0 Å². The number of nitrogens with one attached hydrogen (secondary N) is 1. The van der Waals surface area contributed by atoms with Gasteiger partial charge in [-0.3, -0.25) is 0 Å². The van der Waals surface area contributed by atoms with Crippen LogP contribution < -0.4 is 5.32 Å². The second-order valence-electron chi connectivity index (χ2n) is 4.80. The monoisotopic (exact) mass is 200 g/mol. The lowest BCUT2D eigenvalue weighted by Crippen LogP contribution is -2.38. The second kappa shape index (κ2) is 8.25. The van der Waals surface area contributed by atoms with Gasteiger partial charge in [0.05, 0.1) is 0 Å².